The zero-order valence-corrected chi connectivity index (χ0v) is 18.2. The van der Waals surface area contributed by atoms with Gasteiger partial charge in [-0.15, -0.1) is 0 Å². The molecule has 0 amide bonds. The first kappa shape index (κ1) is 22.0. The maximum atomic E-state index is 12.6. The number of quaternary nitrogens is 1. The summed E-state index contributed by atoms with van der Waals surface area (Å²) in [5, 5.41) is 6.88. The summed E-state index contributed by atoms with van der Waals surface area (Å²) in [6.45, 7) is 7.82. The van der Waals surface area contributed by atoms with Crippen molar-refractivity contribution in [1.82, 2.24) is 9.62 Å². The van der Waals surface area contributed by atoms with Gasteiger partial charge >= 0.3 is 0 Å². The number of hydrogen-bond acceptors (Lipinski definition) is 4. The third kappa shape index (κ3) is 6.69. The summed E-state index contributed by atoms with van der Waals surface area (Å²) >= 11 is 5.36. The molecule has 1 saturated heterocycles. The minimum Gasteiger partial charge on any atom is -0.379 e. The molecule has 0 saturated carbocycles. The summed E-state index contributed by atoms with van der Waals surface area (Å²) in [6, 6.07) is 6.68. The van der Waals surface area contributed by atoms with Crippen molar-refractivity contribution in [3.8, 4) is 0 Å². The van der Waals surface area contributed by atoms with Crippen LogP contribution in [0.5, 0.6) is 0 Å². The Labute approximate surface area is 168 Å². The van der Waals surface area contributed by atoms with Crippen molar-refractivity contribution in [2.45, 2.75) is 18.7 Å². The predicted octanol–water partition coefficient (Wildman–Crippen LogP) is 0.165. The van der Waals surface area contributed by atoms with Gasteiger partial charge in [0, 0.05) is 30.7 Å². The van der Waals surface area contributed by atoms with Gasteiger partial charge in [-0.2, -0.15) is 4.31 Å². The van der Waals surface area contributed by atoms with Crippen molar-refractivity contribution in [2.75, 3.05) is 58.8 Å². The Bertz CT molecular complexity index is 727. The molecule has 27 heavy (non-hydrogen) atoms. The molecule has 0 unspecified atom stereocenters. The maximum absolute atomic E-state index is 12.6. The van der Waals surface area contributed by atoms with Crippen molar-refractivity contribution in [3.63, 3.8) is 0 Å². The molecule has 152 valence electrons. The molecule has 0 bridgehead atoms. The molecule has 0 radical (unpaired) electrons. The highest BCUT2D eigenvalue weighted by atomic mass is 32.2. The van der Waals surface area contributed by atoms with Crippen LogP contribution in [0.2, 0.25) is 0 Å². The van der Waals surface area contributed by atoms with Crippen LogP contribution in [0.3, 0.4) is 0 Å². The Kier molecular flexibility index (Phi) is 7.58. The average molecular weight is 416 g/mol. The largest absolute Gasteiger partial charge is 0.379 e. The lowest BCUT2D eigenvalue weighted by Crippen LogP contribution is -3.07. The summed E-state index contributed by atoms with van der Waals surface area (Å²) in [6.07, 6.45) is 0. The van der Waals surface area contributed by atoms with Gasteiger partial charge in [0.05, 0.1) is 38.7 Å². The lowest BCUT2D eigenvalue weighted by Gasteiger charge is -2.27. The smallest absolute Gasteiger partial charge is 0.243 e. The van der Waals surface area contributed by atoms with Gasteiger partial charge in [0.15, 0.2) is 5.11 Å². The van der Waals surface area contributed by atoms with E-state index in [0.29, 0.717) is 31.4 Å². The second-order valence-corrected chi connectivity index (χ2v) is 10.2. The van der Waals surface area contributed by atoms with Gasteiger partial charge in [-0.25, -0.2) is 8.42 Å². The summed E-state index contributed by atoms with van der Waals surface area (Å²) in [4.78, 5) is 1.67. The minimum absolute atomic E-state index is 0.112. The standard InChI is InChI=1S/C18H30N4O3S2/c1-18(2,14-21(3)4)13-19-17(26)20-15-5-7-16(8-6-15)27(23,24)22-9-11-25-12-10-22/h5-8H,9-14H2,1-4H3,(H2,19,20,26)/p+1. The highest BCUT2D eigenvalue weighted by Crippen LogP contribution is 2.19. The zero-order chi connectivity index (χ0) is 20.1. The quantitative estimate of drug-likeness (QED) is 0.551. The van der Waals surface area contributed by atoms with Gasteiger partial charge in [0.25, 0.3) is 0 Å². The minimum atomic E-state index is -3.47. The molecule has 3 N–H and O–H groups in total. The fraction of sp³-hybridized carbons (Fsp3) is 0.611. The van der Waals surface area contributed by atoms with E-state index < -0.39 is 10.0 Å². The number of nitrogens with zero attached hydrogens (tertiary/aromatic N) is 1. The van der Waals surface area contributed by atoms with Gasteiger partial charge < -0.3 is 20.3 Å². The third-order valence-corrected chi connectivity index (χ3v) is 6.44. The topological polar surface area (TPSA) is 75.1 Å². The van der Waals surface area contributed by atoms with E-state index in [1.807, 2.05) is 0 Å². The highest BCUT2D eigenvalue weighted by Gasteiger charge is 2.26. The van der Waals surface area contributed by atoms with E-state index >= 15 is 0 Å². The Morgan fingerprint density at radius 2 is 1.81 bits per heavy atom. The normalized spacial score (nSPS) is 16.3. The van der Waals surface area contributed by atoms with Crippen molar-refractivity contribution in [2.24, 2.45) is 5.41 Å². The molecule has 1 aliphatic rings. The van der Waals surface area contributed by atoms with E-state index in [4.69, 9.17) is 17.0 Å². The molecule has 0 spiro atoms. The SMILES string of the molecule is C[NH+](C)CC(C)(C)CNC(=S)Nc1ccc(S(=O)(=O)N2CCOCC2)cc1. The fourth-order valence-electron chi connectivity index (χ4n) is 3.16. The van der Waals surface area contributed by atoms with Crippen LogP contribution in [0.1, 0.15) is 13.8 Å². The molecule has 7 nitrogen and oxygen atoms in total. The number of sulfonamides is 1. The highest BCUT2D eigenvalue weighted by molar-refractivity contribution is 7.89. The zero-order valence-electron chi connectivity index (χ0n) is 16.5. The summed E-state index contributed by atoms with van der Waals surface area (Å²) in [5.74, 6) is 0. The fourth-order valence-corrected chi connectivity index (χ4v) is 4.76. The van der Waals surface area contributed by atoms with Gasteiger partial charge in [0.1, 0.15) is 0 Å². The molecule has 2 rings (SSSR count). The Morgan fingerprint density at radius 3 is 2.37 bits per heavy atom. The molecule has 1 fully saturated rings. The Morgan fingerprint density at radius 1 is 1.22 bits per heavy atom. The third-order valence-electron chi connectivity index (χ3n) is 4.28. The van der Waals surface area contributed by atoms with E-state index in [1.165, 1.54) is 9.21 Å². The van der Waals surface area contributed by atoms with Crippen molar-refractivity contribution >= 4 is 33.0 Å². The second kappa shape index (κ2) is 9.29. The first-order chi connectivity index (χ1) is 12.6. The van der Waals surface area contributed by atoms with E-state index in [0.717, 1.165) is 18.8 Å². The summed E-state index contributed by atoms with van der Waals surface area (Å²) < 4.78 is 31.9. The van der Waals surface area contributed by atoms with E-state index in [9.17, 15) is 8.42 Å². The molecular formula is C18H31N4O3S2+. The van der Waals surface area contributed by atoms with Gasteiger partial charge in [-0.1, -0.05) is 13.8 Å². The molecular weight excluding hydrogens is 384 g/mol. The molecule has 1 aromatic rings. The monoisotopic (exact) mass is 415 g/mol. The first-order valence-electron chi connectivity index (χ1n) is 9.12. The second-order valence-electron chi connectivity index (χ2n) is 7.90. The summed E-state index contributed by atoms with van der Waals surface area (Å²) in [5.41, 5.74) is 0.866. The Balaban J connectivity index is 1.92. The van der Waals surface area contributed by atoms with E-state index in [1.54, 1.807) is 24.3 Å². The number of benzene rings is 1. The van der Waals surface area contributed by atoms with Crippen LogP contribution in [0.4, 0.5) is 5.69 Å². The first-order valence-corrected chi connectivity index (χ1v) is 11.0. The van der Waals surface area contributed by atoms with Crippen molar-refractivity contribution in [1.29, 1.82) is 0 Å². The van der Waals surface area contributed by atoms with E-state index in [2.05, 4.69) is 38.6 Å². The molecule has 1 aromatic carbocycles. The molecule has 9 heteroatoms. The maximum Gasteiger partial charge on any atom is 0.243 e. The number of nitrogens with one attached hydrogen (secondary N) is 3. The van der Waals surface area contributed by atoms with Crippen LogP contribution < -0.4 is 15.5 Å². The number of rotatable bonds is 7. The van der Waals surface area contributed by atoms with Gasteiger partial charge in [-0.3, -0.25) is 0 Å². The van der Waals surface area contributed by atoms with Crippen LogP contribution in [0.15, 0.2) is 29.2 Å². The number of morpholine rings is 1. The summed E-state index contributed by atoms with van der Waals surface area (Å²) in [7, 11) is 0.786. The molecule has 1 heterocycles. The van der Waals surface area contributed by atoms with Gasteiger partial charge in [-0.05, 0) is 36.5 Å². The number of ether oxygens (including phenoxy) is 1. The average Bonchev–Trinajstić information content (AvgIpc) is 2.60. The lowest BCUT2D eigenvalue weighted by molar-refractivity contribution is -0.865. The van der Waals surface area contributed by atoms with Crippen LogP contribution in [-0.4, -0.2) is 71.3 Å². The molecule has 0 aliphatic carbocycles. The van der Waals surface area contributed by atoms with Crippen LogP contribution in [0, 0.1) is 5.41 Å². The van der Waals surface area contributed by atoms with Crippen molar-refractivity contribution in [3.05, 3.63) is 24.3 Å². The molecule has 1 aliphatic heterocycles. The van der Waals surface area contributed by atoms with Crippen LogP contribution in [-0.2, 0) is 14.8 Å². The van der Waals surface area contributed by atoms with Crippen LogP contribution in [0.25, 0.3) is 0 Å². The lowest BCUT2D eigenvalue weighted by atomic mass is 9.93. The Hall–Kier alpha value is -1.26. The van der Waals surface area contributed by atoms with E-state index in [-0.39, 0.29) is 10.3 Å². The van der Waals surface area contributed by atoms with Gasteiger partial charge in [0.2, 0.25) is 10.0 Å². The molecule has 0 atom stereocenters. The molecule has 0 aromatic heterocycles. The number of anilines is 1. The predicted molar refractivity (Wildman–Crippen MR) is 112 cm³/mol. The number of thiocarbonyl (C=S) groups is 1. The number of hydrogen-bond donors (Lipinski definition) is 3. The van der Waals surface area contributed by atoms with Crippen LogP contribution >= 0.6 is 12.2 Å². The van der Waals surface area contributed by atoms with Crippen molar-refractivity contribution < 1.29 is 18.1 Å².